The SMILES string of the molecule is C=CCCC(=O)N[C@@H](C)[C@H](OC(=O)[C@@H]1[C@H]2O[C@@]3(CC2Br)[C@H](C(=O)N(CC=C)c2ccc(N(CC)CC)cc2)N(CCO)C(=O)[C@@H]13)c1ccccc1. The number of benzene rings is 2. The fourth-order valence-corrected chi connectivity index (χ4v) is 8.94. The second-order valence-corrected chi connectivity index (χ2v) is 14.5. The number of aliphatic hydroxyl groups is 1. The lowest BCUT2D eigenvalue weighted by Crippen LogP contribution is -2.57. The molecule has 274 valence electrons. The Labute approximate surface area is 308 Å². The molecule has 1 spiro atoms. The fourth-order valence-electron chi connectivity index (χ4n) is 8.00. The van der Waals surface area contributed by atoms with Crippen molar-refractivity contribution in [2.24, 2.45) is 11.8 Å². The summed E-state index contributed by atoms with van der Waals surface area (Å²) >= 11 is 3.71. The molecular formula is C39H49BrN4O7. The van der Waals surface area contributed by atoms with Crippen molar-refractivity contribution in [2.45, 2.75) is 74.8 Å². The molecule has 11 nitrogen and oxygen atoms in total. The van der Waals surface area contributed by atoms with Gasteiger partial charge >= 0.3 is 5.97 Å². The summed E-state index contributed by atoms with van der Waals surface area (Å²) in [6.45, 7) is 14.8. The van der Waals surface area contributed by atoms with Gasteiger partial charge < -0.3 is 34.6 Å². The van der Waals surface area contributed by atoms with Gasteiger partial charge in [0, 0.05) is 48.8 Å². The predicted molar refractivity (Wildman–Crippen MR) is 199 cm³/mol. The van der Waals surface area contributed by atoms with Crippen LogP contribution < -0.4 is 15.1 Å². The zero-order chi connectivity index (χ0) is 36.9. The number of hydrogen-bond acceptors (Lipinski definition) is 8. The molecule has 2 aromatic rings. The number of ether oxygens (including phenoxy) is 2. The average Bonchev–Trinajstić information content (AvgIpc) is 3.72. The summed E-state index contributed by atoms with van der Waals surface area (Å²) in [5.41, 5.74) is 0.975. The molecule has 8 atom stereocenters. The minimum Gasteiger partial charge on any atom is -0.455 e. The number of halogens is 1. The molecule has 3 saturated heterocycles. The number of carbonyl (C=O) groups excluding carboxylic acids is 4. The Kier molecular flexibility index (Phi) is 12.4. The number of aliphatic hydroxyl groups excluding tert-OH is 1. The Morgan fingerprint density at radius 3 is 2.37 bits per heavy atom. The van der Waals surface area contributed by atoms with E-state index in [1.165, 1.54) is 4.90 Å². The summed E-state index contributed by atoms with van der Waals surface area (Å²) in [5, 5.41) is 13.0. The van der Waals surface area contributed by atoms with E-state index in [2.05, 4.69) is 53.2 Å². The quantitative estimate of drug-likeness (QED) is 0.137. The van der Waals surface area contributed by atoms with Crippen LogP contribution in [0.2, 0.25) is 0 Å². The van der Waals surface area contributed by atoms with Crippen molar-refractivity contribution < 1.29 is 33.8 Å². The third kappa shape index (κ3) is 7.36. The molecule has 0 aromatic heterocycles. The number of allylic oxidation sites excluding steroid dienone is 1. The molecular weight excluding hydrogens is 716 g/mol. The van der Waals surface area contributed by atoms with Gasteiger partial charge in [-0.05, 0) is 63.4 Å². The Balaban J connectivity index is 1.47. The van der Waals surface area contributed by atoms with Crippen LogP contribution in [-0.2, 0) is 28.7 Å². The van der Waals surface area contributed by atoms with E-state index in [0.717, 1.165) is 18.8 Å². The van der Waals surface area contributed by atoms with Crippen molar-refractivity contribution in [3.05, 3.63) is 85.5 Å². The number of esters is 1. The Hall–Kier alpha value is -4.00. The molecule has 2 aromatic carbocycles. The number of β-amino-alcohol motifs (C(OH)–C–C–N with tert-alkyl or cyclic N) is 1. The van der Waals surface area contributed by atoms with Gasteiger partial charge in [0.1, 0.15) is 17.7 Å². The maximum absolute atomic E-state index is 14.8. The third-order valence-electron chi connectivity index (χ3n) is 10.3. The first kappa shape index (κ1) is 38.2. The molecule has 3 aliphatic heterocycles. The van der Waals surface area contributed by atoms with Crippen LogP contribution in [0.3, 0.4) is 0 Å². The summed E-state index contributed by atoms with van der Waals surface area (Å²) in [6.07, 6.45) is 2.73. The predicted octanol–water partition coefficient (Wildman–Crippen LogP) is 4.55. The summed E-state index contributed by atoms with van der Waals surface area (Å²) < 4.78 is 12.9. The number of amides is 3. The summed E-state index contributed by atoms with van der Waals surface area (Å²) in [5.74, 6) is -3.75. The summed E-state index contributed by atoms with van der Waals surface area (Å²) in [4.78, 5) is 61.0. The standard InChI is InChI=1S/C39H49BrN4O7/c1-6-10-16-30(46)41-25(5)33(26-14-12-11-13-15-26)50-38(49)31-32-36(47)44(22-23-45)35(39(32)24-29(40)34(31)51-39)37(48)43(21-7-2)28-19-17-27(18-20-28)42(8-3)9-4/h6-7,11-15,17-20,25,29,31-35,45H,1-2,8-10,16,21-24H2,3-5H3,(H,41,46)/t25-,29?,31-,32+,33-,34-,35-,39+/m0/s1. The van der Waals surface area contributed by atoms with Crippen LogP contribution in [0.25, 0.3) is 0 Å². The normalized spacial score (nSPS) is 25.9. The van der Waals surface area contributed by atoms with Gasteiger partial charge in [-0.2, -0.15) is 0 Å². The van der Waals surface area contributed by atoms with E-state index in [1.54, 1.807) is 24.0 Å². The van der Waals surface area contributed by atoms with Gasteiger partial charge in [0.15, 0.2) is 0 Å². The second-order valence-electron chi connectivity index (χ2n) is 13.3. The topological polar surface area (TPSA) is 129 Å². The van der Waals surface area contributed by atoms with E-state index in [0.29, 0.717) is 24.1 Å². The van der Waals surface area contributed by atoms with Gasteiger partial charge in [-0.25, -0.2) is 0 Å². The number of rotatable bonds is 17. The highest BCUT2D eigenvalue weighted by Gasteiger charge is 2.77. The molecule has 3 aliphatic rings. The van der Waals surface area contributed by atoms with Gasteiger partial charge in [-0.15, -0.1) is 13.2 Å². The van der Waals surface area contributed by atoms with Gasteiger partial charge in [0.2, 0.25) is 11.8 Å². The molecule has 5 rings (SSSR count). The molecule has 12 heteroatoms. The lowest BCUT2D eigenvalue weighted by atomic mass is 9.70. The van der Waals surface area contributed by atoms with Crippen LogP contribution in [0, 0.1) is 11.8 Å². The summed E-state index contributed by atoms with van der Waals surface area (Å²) in [6, 6.07) is 15.1. The van der Waals surface area contributed by atoms with Crippen molar-refractivity contribution in [3.8, 4) is 0 Å². The number of alkyl halides is 1. The van der Waals surface area contributed by atoms with Crippen LogP contribution >= 0.6 is 15.9 Å². The number of fused-ring (bicyclic) bond motifs is 1. The first-order chi connectivity index (χ1) is 24.6. The number of hydrogen-bond donors (Lipinski definition) is 2. The molecule has 0 aliphatic carbocycles. The highest BCUT2D eigenvalue weighted by atomic mass is 79.9. The fraction of sp³-hybridized carbons (Fsp3) is 0.487. The Bertz CT molecular complexity index is 1590. The molecule has 0 radical (unpaired) electrons. The van der Waals surface area contributed by atoms with E-state index in [1.807, 2.05) is 54.6 Å². The Morgan fingerprint density at radius 1 is 1.10 bits per heavy atom. The lowest BCUT2D eigenvalue weighted by molar-refractivity contribution is -0.162. The lowest BCUT2D eigenvalue weighted by Gasteiger charge is -2.37. The maximum atomic E-state index is 14.8. The van der Waals surface area contributed by atoms with Crippen LogP contribution in [-0.4, -0.2) is 95.1 Å². The molecule has 3 heterocycles. The molecule has 3 amide bonds. The maximum Gasteiger partial charge on any atom is 0.313 e. The number of nitrogens with zero attached hydrogens (tertiary/aromatic N) is 3. The highest BCUT2D eigenvalue weighted by Crippen LogP contribution is 2.60. The van der Waals surface area contributed by atoms with Gasteiger partial charge in [-0.1, -0.05) is 58.4 Å². The summed E-state index contributed by atoms with van der Waals surface area (Å²) in [7, 11) is 0. The minimum absolute atomic E-state index is 0.112. The number of carbonyl (C=O) groups is 4. The average molecular weight is 766 g/mol. The number of nitrogens with one attached hydrogen (secondary N) is 1. The largest absolute Gasteiger partial charge is 0.455 e. The Morgan fingerprint density at radius 2 is 1.76 bits per heavy atom. The first-order valence-corrected chi connectivity index (χ1v) is 18.6. The molecule has 3 fully saturated rings. The molecule has 1 unspecified atom stereocenters. The number of likely N-dealkylation sites (tertiary alicyclic amines) is 1. The zero-order valence-corrected chi connectivity index (χ0v) is 31.2. The van der Waals surface area contributed by atoms with E-state index < -0.39 is 53.6 Å². The van der Waals surface area contributed by atoms with E-state index in [9.17, 15) is 24.3 Å². The monoisotopic (exact) mass is 764 g/mol. The third-order valence-corrected chi connectivity index (χ3v) is 11.1. The molecule has 0 saturated carbocycles. The second kappa shape index (κ2) is 16.6. The highest BCUT2D eigenvalue weighted by molar-refractivity contribution is 9.09. The van der Waals surface area contributed by atoms with E-state index >= 15 is 0 Å². The van der Waals surface area contributed by atoms with Crippen LogP contribution in [0.15, 0.2) is 79.9 Å². The van der Waals surface area contributed by atoms with E-state index in [-0.39, 0.29) is 42.8 Å². The molecule has 51 heavy (non-hydrogen) atoms. The number of anilines is 2. The molecule has 2 bridgehead atoms. The van der Waals surface area contributed by atoms with Crippen molar-refractivity contribution in [2.75, 3.05) is 42.6 Å². The van der Waals surface area contributed by atoms with Crippen LogP contribution in [0.1, 0.15) is 51.7 Å². The molecule has 2 N–H and O–H groups in total. The van der Waals surface area contributed by atoms with Gasteiger partial charge in [0.05, 0.1) is 30.6 Å². The smallest absolute Gasteiger partial charge is 0.313 e. The van der Waals surface area contributed by atoms with Crippen LogP contribution in [0.5, 0.6) is 0 Å². The van der Waals surface area contributed by atoms with Crippen molar-refractivity contribution in [1.29, 1.82) is 0 Å². The van der Waals surface area contributed by atoms with Crippen molar-refractivity contribution in [1.82, 2.24) is 10.2 Å². The van der Waals surface area contributed by atoms with Crippen LogP contribution in [0.4, 0.5) is 11.4 Å². The van der Waals surface area contributed by atoms with Gasteiger partial charge in [-0.3, -0.25) is 19.2 Å². The van der Waals surface area contributed by atoms with E-state index in [4.69, 9.17) is 9.47 Å². The van der Waals surface area contributed by atoms with Gasteiger partial charge in [0.25, 0.3) is 5.91 Å². The first-order valence-electron chi connectivity index (χ1n) is 17.7. The zero-order valence-electron chi connectivity index (χ0n) is 29.6. The van der Waals surface area contributed by atoms with Crippen molar-refractivity contribution >= 4 is 51.0 Å². The minimum atomic E-state index is -1.35. The van der Waals surface area contributed by atoms with Crippen molar-refractivity contribution in [3.63, 3.8) is 0 Å².